The number of benzene rings is 2. The van der Waals surface area contributed by atoms with Gasteiger partial charge in [-0.15, -0.1) is 0 Å². The Morgan fingerprint density at radius 3 is 2.61 bits per heavy atom. The van der Waals surface area contributed by atoms with Gasteiger partial charge in [-0.25, -0.2) is 9.18 Å². The minimum absolute atomic E-state index is 0.0197. The van der Waals surface area contributed by atoms with E-state index in [2.05, 4.69) is 4.90 Å². The summed E-state index contributed by atoms with van der Waals surface area (Å²) in [5, 5.41) is 1.08. The average molecular weight is 494 g/mol. The fourth-order valence-corrected chi connectivity index (χ4v) is 4.57. The summed E-state index contributed by atoms with van der Waals surface area (Å²) in [5.41, 5.74) is 2.43. The Balaban J connectivity index is 1.48. The van der Waals surface area contributed by atoms with Crippen molar-refractivity contribution in [1.29, 1.82) is 0 Å². The van der Waals surface area contributed by atoms with Gasteiger partial charge in [0.15, 0.2) is 0 Å². The van der Waals surface area contributed by atoms with E-state index >= 15 is 0 Å². The molecule has 1 aliphatic heterocycles. The van der Waals surface area contributed by atoms with E-state index in [1.165, 1.54) is 6.07 Å². The number of rotatable bonds is 6. The van der Waals surface area contributed by atoms with Crippen molar-refractivity contribution in [2.45, 2.75) is 64.2 Å². The van der Waals surface area contributed by atoms with Crippen LogP contribution in [0.1, 0.15) is 66.6 Å². The first-order valence-electron chi connectivity index (χ1n) is 11.4. The summed E-state index contributed by atoms with van der Waals surface area (Å²) in [5.74, 6) is -0.749. The Bertz CT molecular complexity index is 1030. The summed E-state index contributed by atoms with van der Waals surface area (Å²) in [6.07, 6.45) is 2.88. The molecule has 2 aliphatic rings. The van der Waals surface area contributed by atoms with Crippen molar-refractivity contribution < 1.29 is 18.7 Å². The molecule has 0 spiro atoms. The van der Waals surface area contributed by atoms with Crippen LogP contribution in [0, 0.1) is 5.82 Å². The van der Waals surface area contributed by atoms with E-state index in [0.717, 1.165) is 49.0 Å². The Labute approximate surface area is 205 Å². The third-order valence-corrected chi connectivity index (χ3v) is 6.67. The molecule has 0 amide bonds. The van der Waals surface area contributed by atoms with Crippen LogP contribution in [0.25, 0.3) is 0 Å². The first-order valence-corrected chi connectivity index (χ1v) is 12.2. The van der Waals surface area contributed by atoms with Gasteiger partial charge in [0.2, 0.25) is 0 Å². The summed E-state index contributed by atoms with van der Waals surface area (Å²) in [6, 6.07) is 8.88. The van der Waals surface area contributed by atoms with Crippen molar-refractivity contribution in [2.75, 3.05) is 19.7 Å². The van der Waals surface area contributed by atoms with E-state index in [4.69, 9.17) is 32.7 Å². The van der Waals surface area contributed by atoms with E-state index in [9.17, 15) is 9.18 Å². The molecule has 0 aromatic heterocycles. The zero-order valence-electron chi connectivity index (χ0n) is 19.3. The third kappa shape index (κ3) is 6.48. The van der Waals surface area contributed by atoms with E-state index in [1.54, 1.807) is 32.9 Å². The van der Waals surface area contributed by atoms with Gasteiger partial charge in [0.25, 0.3) is 0 Å². The number of nitrogens with zero attached hydrogens (tertiary/aromatic N) is 1. The Morgan fingerprint density at radius 1 is 1.18 bits per heavy atom. The molecule has 4 nitrogen and oxygen atoms in total. The molecule has 2 aromatic carbocycles. The first kappa shape index (κ1) is 24.5. The van der Waals surface area contributed by atoms with Gasteiger partial charge in [0.1, 0.15) is 11.4 Å². The minimum atomic E-state index is -0.668. The van der Waals surface area contributed by atoms with Crippen LogP contribution in [0.5, 0.6) is 0 Å². The van der Waals surface area contributed by atoms with Crippen molar-refractivity contribution in [3.63, 3.8) is 0 Å². The molecule has 1 saturated heterocycles. The molecule has 4 rings (SSSR count). The van der Waals surface area contributed by atoms with Gasteiger partial charge < -0.3 is 9.47 Å². The number of carbonyl (C=O) groups excluding carboxylic acids is 1. The molecule has 1 aliphatic carbocycles. The molecule has 0 bridgehead atoms. The van der Waals surface area contributed by atoms with Gasteiger partial charge in [0.05, 0.1) is 28.3 Å². The summed E-state index contributed by atoms with van der Waals surface area (Å²) in [7, 11) is 0. The van der Waals surface area contributed by atoms with E-state index in [0.29, 0.717) is 29.1 Å². The van der Waals surface area contributed by atoms with Gasteiger partial charge in [-0.05, 0) is 86.9 Å². The highest BCUT2D eigenvalue weighted by atomic mass is 35.5. The van der Waals surface area contributed by atoms with E-state index < -0.39 is 17.4 Å². The van der Waals surface area contributed by atoms with Gasteiger partial charge in [-0.1, -0.05) is 29.3 Å². The molecule has 178 valence electrons. The number of hydrogen-bond acceptors (Lipinski definition) is 4. The molecule has 0 N–H and O–H groups in total. The number of hydrogen-bond donors (Lipinski definition) is 0. The highest BCUT2D eigenvalue weighted by Crippen LogP contribution is 2.43. The van der Waals surface area contributed by atoms with Gasteiger partial charge in [0, 0.05) is 19.6 Å². The van der Waals surface area contributed by atoms with Gasteiger partial charge in [-0.2, -0.15) is 0 Å². The Hall–Kier alpha value is -1.66. The molecular weight excluding hydrogens is 464 g/mol. The monoisotopic (exact) mass is 493 g/mol. The largest absolute Gasteiger partial charge is 0.456 e. The number of ether oxygens (including phenoxy) is 2. The van der Waals surface area contributed by atoms with Crippen LogP contribution in [-0.2, 0) is 22.4 Å². The van der Waals surface area contributed by atoms with Crippen molar-refractivity contribution in [3.8, 4) is 0 Å². The van der Waals surface area contributed by atoms with Crippen LogP contribution in [0.2, 0.25) is 10.0 Å². The maximum absolute atomic E-state index is 15.0. The first-order chi connectivity index (χ1) is 15.6. The van der Waals surface area contributed by atoms with E-state index in [-0.39, 0.29) is 11.7 Å². The molecule has 7 heteroatoms. The van der Waals surface area contributed by atoms with E-state index in [1.807, 2.05) is 12.1 Å². The zero-order chi connectivity index (χ0) is 23.8. The lowest BCUT2D eigenvalue weighted by molar-refractivity contribution is -0.0305. The molecule has 1 atom stereocenters. The normalized spacial score (nSPS) is 19.5. The summed E-state index contributed by atoms with van der Waals surface area (Å²) in [6.45, 7) is 8.10. The third-order valence-electron chi connectivity index (χ3n) is 5.93. The fourth-order valence-electron chi connectivity index (χ4n) is 4.25. The summed E-state index contributed by atoms with van der Waals surface area (Å²) in [4.78, 5) is 14.8. The molecular formula is C26H30Cl2FNO3. The van der Waals surface area contributed by atoms with Crippen molar-refractivity contribution in [1.82, 2.24) is 4.90 Å². The summed E-state index contributed by atoms with van der Waals surface area (Å²) >= 11 is 12.2. The molecule has 0 radical (unpaired) electrons. The number of halogens is 3. The van der Waals surface area contributed by atoms with Crippen LogP contribution in [0.3, 0.4) is 0 Å². The second-order valence-electron chi connectivity index (χ2n) is 9.99. The van der Waals surface area contributed by atoms with Crippen LogP contribution >= 0.6 is 23.2 Å². The molecule has 1 unspecified atom stereocenters. The maximum Gasteiger partial charge on any atom is 0.341 e. The second kappa shape index (κ2) is 9.91. The minimum Gasteiger partial charge on any atom is -0.456 e. The molecule has 33 heavy (non-hydrogen) atoms. The highest BCUT2D eigenvalue weighted by molar-refractivity contribution is 6.42. The second-order valence-corrected chi connectivity index (χ2v) is 10.8. The topological polar surface area (TPSA) is 38.8 Å². The van der Waals surface area contributed by atoms with Gasteiger partial charge in [-0.3, -0.25) is 4.90 Å². The lowest BCUT2D eigenvalue weighted by Gasteiger charge is -2.33. The highest BCUT2D eigenvalue weighted by Gasteiger charge is 2.31. The maximum atomic E-state index is 15.0. The molecule has 2 fully saturated rings. The Morgan fingerprint density at radius 2 is 1.94 bits per heavy atom. The van der Waals surface area contributed by atoms with Crippen LogP contribution in [0.4, 0.5) is 4.39 Å². The predicted octanol–water partition coefficient (Wildman–Crippen LogP) is 6.41. The fraction of sp³-hybridized carbons (Fsp3) is 0.500. The van der Waals surface area contributed by atoms with Crippen LogP contribution in [0.15, 0.2) is 30.3 Å². The number of morpholine rings is 1. The van der Waals surface area contributed by atoms with Gasteiger partial charge >= 0.3 is 5.97 Å². The van der Waals surface area contributed by atoms with Crippen molar-refractivity contribution in [2.24, 2.45) is 0 Å². The van der Waals surface area contributed by atoms with Crippen molar-refractivity contribution in [3.05, 3.63) is 68.4 Å². The number of carbonyl (C=O) groups is 1. The quantitative estimate of drug-likeness (QED) is 0.435. The predicted molar refractivity (Wildman–Crippen MR) is 129 cm³/mol. The molecule has 2 aromatic rings. The van der Waals surface area contributed by atoms with Crippen molar-refractivity contribution >= 4 is 29.2 Å². The molecule has 1 saturated carbocycles. The average Bonchev–Trinajstić information content (AvgIpc) is 3.55. The smallest absolute Gasteiger partial charge is 0.341 e. The standard InChI is InChI=1S/C26H30Cl2FNO3/c1-26(2,3)33-25(31)21-13-20(17-5-6-17)18(12-24(21)29)14-30-8-9-32-19(15-30)10-16-4-7-22(27)23(28)11-16/h4,7,11-13,17,19H,5-6,8-10,14-15H2,1-3H3. The summed E-state index contributed by atoms with van der Waals surface area (Å²) < 4.78 is 26.4. The number of esters is 1. The zero-order valence-corrected chi connectivity index (χ0v) is 20.8. The lowest BCUT2D eigenvalue weighted by atomic mass is 9.98. The van der Waals surface area contributed by atoms with Crippen LogP contribution in [-0.4, -0.2) is 42.3 Å². The lowest BCUT2D eigenvalue weighted by Crippen LogP contribution is -2.43. The Kier molecular flexibility index (Phi) is 7.35. The SMILES string of the molecule is CC(C)(C)OC(=O)c1cc(C2CC2)c(CN2CCOC(Cc3ccc(Cl)c(Cl)c3)C2)cc1F. The van der Waals surface area contributed by atoms with Crippen LogP contribution < -0.4 is 0 Å². The molecule has 1 heterocycles.